The molecule has 1 aromatic carbocycles. The summed E-state index contributed by atoms with van der Waals surface area (Å²) in [5, 5.41) is 3.04. The monoisotopic (exact) mass is 355 g/mol. The lowest BCUT2D eigenvalue weighted by Gasteiger charge is -2.35. The van der Waals surface area contributed by atoms with E-state index in [4.69, 9.17) is 4.98 Å². The molecule has 5 nitrogen and oxygen atoms in total. The van der Waals surface area contributed by atoms with Gasteiger partial charge in [0.15, 0.2) is 5.13 Å². The highest BCUT2D eigenvalue weighted by Gasteiger charge is 2.20. The first-order valence-electron chi connectivity index (χ1n) is 8.20. The average molecular weight is 355 g/mol. The molecule has 4 rings (SSSR count). The van der Waals surface area contributed by atoms with Crippen molar-refractivity contribution in [1.82, 2.24) is 15.0 Å². The summed E-state index contributed by atoms with van der Waals surface area (Å²) < 4.78 is 13.1. The van der Waals surface area contributed by atoms with Crippen LogP contribution in [0.3, 0.4) is 0 Å². The lowest BCUT2D eigenvalue weighted by Crippen LogP contribution is -2.46. The maximum atomic E-state index is 13.1. The first-order valence-corrected chi connectivity index (χ1v) is 9.08. The largest absolute Gasteiger partial charge is 0.353 e. The molecule has 0 radical (unpaired) electrons. The molecule has 1 fully saturated rings. The number of hydrogen-bond acceptors (Lipinski definition) is 6. The van der Waals surface area contributed by atoms with Crippen LogP contribution in [0.25, 0.3) is 11.3 Å². The lowest BCUT2D eigenvalue weighted by atomic mass is 10.2. The first kappa shape index (κ1) is 16.0. The van der Waals surface area contributed by atoms with E-state index in [1.165, 1.54) is 12.1 Å². The van der Waals surface area contributed by atoms with E-state index in [0.29, 0.717) is 0 Å². The summed E-state index contributed by atoms with van der Waals surface area (Å²) in [6.07, 6.45) is 1.81. The van der Waals surface area contributed by atoms with Gasteiger partial charge in [-0.15, -0.1) is 11.3 Å². The highest BCUT2D eigenvalue weighted by atomic mass is 32.1. The molecule has 3 aromatic rings. The molecule has 25 heavy (non-hydrogen) atoms. The summed E-state index contributed by atoms with van der Waals surface area (Å²) in [5.74, 6) is 1.55. The fourth-order valence-electron chi connectivity index (χ4n) is 2.91. The Kier molecular flexibility index (Phi) is 4.31. The molecule has 0 unspecified atom stereocenters. The summed E-state index contributed by atoms with van der Waals surface area (Å²) in [6.45, 7) is 5.52. The maximum absolute atomic E-state index is 13.1. The van der Waals surface area contributed by atoms with Gasteiger partial charge in [-0.3, -0.25) is 0 Å². The second-order valence-corrected chi connectivity index (χ2v) is 6.79. The molecule has 1 saturated heterocycles. The predicted molar refractivity (Wildman–Crippen MR) is 98.7 cm³/mol. The van der Waals surface area contributed by atoms with E-state index in [-0.39, 0.29) is 5.82 Å². The van der Waals surface area contributed by atoms with Crippen molar-refractivity contribution in [3.8, 4) is 11.3 Å². The highest BCUT2D eigenvalue weighted by Crippen LogP contribution is 2.28. The molecule has 0 bridgehead atoms. The fraction of sp³-hybridized carbons (Fsp3) is 0.278. The van der Waals surface area contributed by atoms with Crippen LogP contribution >= 0.6 is 11.3 Å². The number of benzene rings is 1. The topological polar surface area (TPSA) is 45.2 Å². The van der Waals surface area contributed by atoms with Crippen molar-refractivity contribution in [2.24, 2.45) is 0 Å². The van der Waals surface area contributed by atoms with Crippen LogP contribution in [0.15, 0.2) is 41.9 Å². The third kappa shape index (κ3) is 3.46. The molecular formula is C18H18FN5S. The smallest absolute Gasteiger partial charge is 0.185 e. The fourth-order valence-corrected chi connectivity index (χ4v) is 3.80. The van der Waals surface area contributed by atoms with Crippen molar-refractivity contribution >= 4 is 22.3 Å². The zero-order valence-electron chi connectivity index (χ0n) is 13.9. The van der Waals surface area contributed by atoms with Crippen LogP contribution in [-0.2, 0) is 0 Å². The van der Waals surface area contributed by atoms with E-state index in [9.17, 15) is 4.39 Å². The molecule has 3 heterocycles. The Labute approximate surface area is 149 Å². The van der Waals surface area contributed by atoms with Crippen molar-refractivity contribution in [1.29, 1.82) is 0 Å². The van der Waals surface area contributed by atoms with Crippen LogP contribution in [0.4, 0.5) is 15.3 Å². The number of piperazine rings is 1. The lowest BCUT2D eigenvalue weighted by molar-refractivity contribution is 0.628. The minimum absolute atomic E-state index is 0.227. The molecule has 0 amide bonds. The van der Waals surface area contributed by atoms with Crippen LogP contribution in [0.1, 0.15) is 5.82 Å². The zero-order chi connectivity index (χ0) is 17.2. The van der Waals surface area contributed by atoms with E-state index in [0.717, 1.165) is 54.2 Å². The first-order chi connectivity index (χ1) is 12.2. The van der Waals surface area contributed by atoms with Crippen molar-refractivity contribution in [2.45, 2.75) is 6.92 Å². The SMILES string of the molecule is Cc1nccc(N2CCN(c3nc(-c4ccc(F)cc4)cs3)CC2)n1. The van der Waals surface area contributed by atoms with Gasteiger partial charge in [-0.05, 0) is 37.3 Å². The molecule has 0 N–H and O–H groups in total. The normalized spacial score (nSPS) is 14.8. The Hall–Kier alpha value is -2.54. The van der Waals surface area contributed by atoms with Crippen LogP contribution < -0.4 is 9.80 Å². The van der Waals surface area contributed by atoms with Crippen molar-refractivity contribution in [2.75, 3.05) is 36.0 Å². The summed E-state index contributed by atoms with van der Waals surface area (Å²) in [4.78, 5) is 17.9. The molecule has 0 saturated carbocycles. The molecule has 2 aromatic heterocycles. The van der Waals surface area contributed by atoms with E-state index in [2.05, 4.69) is 19.8 Å². The molecule has 1 aliphatic heterocycles. The number of aromatic nitrogens is 3. The third-order valence-corrected chi connectivity index (χ3v) is 5.17. The van der Waals surface area contributed by atoms with Gasteiger partial charge in [-0.1, -0.05) is 0 Å². The molecule has 1 aliphatic rings. The second-order valence-electron chi connectivity index (χ2n) is 5.96. The number of anilines is 2. The molecule has 0 aliphatic carbocycles. The van der Waals surface area contributed by atoms with Gasteiger partial charge in [0.25, 0.3) is 0 Å². The van der Waals surface area contributed by atoms with Gasteiger partial charge in [0, 0.05) is 43.3 Å². The van der Waals surface area contributed by atoms with Crippen LogP contribution in [0, 0.1) is 12.7 Å². The van der Waals surface area contributed by atoms with Crippen molar-refractivity contribution in [3.63, 3.8) is 0 Å². The van der Waals surface area contributed by atoms with Gasteiger partial charge in [0.05, 0.1) is 5.69 Å². The Morgan fingerprint density at radius 3 is 2.40 bits per heavy atom. The van der Waals surface area contributed by atoms with E-state index < -0.39 is 0 Å². The van der Waals surface area contributed by atoms with Crippen molar-refractivity contribution < 1.29 is 4.39 Å². The van der Waals surface area contributed by atoms with Crippen LogP contribution in [0.5, 0.6) is 0 Å². The Bertz CT molecular complexity index is 856. The summed E-state index contributed by atoms with van der Waals surface area (Å²) in [7, 11) is 0. The minimum atomic E-state index is -0.227. The van der Waals surface area contributed by atoms with Gasteiger partial charge < -0.3 is 9.80 Å². The predicted octanol–water partition coefficient (Wildman–Crippen LogP) is 3.37. The van der Waals surface area contributed by atoms with E-state index in [1.54, 1.807) is 29.7 Å². The highest BCUT2D eigenvalue weighted by molar-refractivity contribution is 7.14. The van der Waals surface area contributed by atoms with E-state index in [1.807, 2.05) is 18.4 Å². The maximum Gasteiger partial charge on any atom is 0.185 e. The Morgan fingerprint density at radius 1 is 0.960 bits per heavy atom. The van der Waals surface area contributed by atoms with Gasteiger partial charge in [0.2, 0.25) is 0 Å². The number of aryl methyl sites for hydroxylation is 1. The van der Waals surface area contributed by atoms with Gasteiger partial charge in [-0.25, -0.2) is 19.3 Å². The molecular weight excluding hydrogens is 337 g/mol. The average Bonchev–Trinajstić information content (AvgIpc) is 3.13. The molecule has 128 valence electrons. The summed E-state index contributed by atoms with van der Waals surface area (Å²) in [6, 6.07) is 8.43. The molecule has 0 spiro atoms. The molecule has 0 atom stereocenters. The molecule has 7 heteroatoms. The van der Waals surface area contributed by atoms with Crippen LogP contribution in [-0.4, -0.2) is 41.1 Å². The number of rotatable bonds is 3. The van der Waals surface area contributed by atoms with Gasteiger partial charge >= 0.3 is 0 Å². The minimum Gasteiger partial charge on any atom is -0.353 e. The van der Waals surface area contributed by atoms with Gasteiger partial charge in [-0.2, -0.15) is 0 Å². The summed E-state index contributed by atoms with van der Waals surface area (Å²) >= 11 is 1.63. The summed E-state index contributed by atoms with van der Waals surface area (Å²) in [5.41, 5.74) is 1.84. The number of thiazole rings is 1. The number of halogens is 1. The second kappa shape index (κ2) is 6.76. The number of nitrogens with zero attached hydrogens (tertiary/aromatic N) is 5. The van der Waals surface area contributed by atoms with E-state index >= 15 is 0 Å². The number of hydrogen-bond donors (Lipinski definition) is 0. The zero-order valence-corrected chi connectivity index (χ0v) is 14.7. The van der Waals surface area contributed by atoms with Crippen LogP contribution in [0.2, 0.25) is 0 Å². The quantitative estimate of drug-likeness (QED) is 0.721. The van der Waals surface area contributed by atoms with Gasteiger partial charge in [0.1, 0.15) is 17.5 Å². The Morgan fingerprint density at radius 2 is 1.68 bits per heavy atom. The third-order valence-electron chi connectivity index (χ3n) is 4.27. The standard InChI is InChI=1S/C18H18FN5S/c1-13-20-7-6-17(21-13)23-8-10-24(11-9-23)18-22-16(12-25-18)14-2-4-15(19)5-3-14/h2-7,12H,8-11H2,1H3. The van der Waals surface area contributed by atoms with Crippen molar-refractivity contribution in [3.05, 3.63) is 53.6 Å². The Balaban J connectivity index is 1.44.